The molecule has 16 heteroatoms. The van der Waals surface area contributed by atoms with E-state index in [0.717, 1.165) is 32.8 Å². The van der Waals surface area contributed by atoms with Gasteiger partial charge in [0.05, 0.1) is 35.8 Å². The summed E-state index contributed by atoms with van der Waals surface area (Å²) >= 11 is 0. The van der Waals surface area contributed by atoms with Gasteiger partial charge in [0.15, 0.2) is 12.4 Å². The Morgan fingerprint density at radius 1 is 1.23 bits per heavy atom. The van der Waals surface area contributed by atoms with Crippen molar-refractivity contribution in [3.8, 4) is 22.8 Å². The fraction of sp³-hybridized carbons (Fsp3) is 0.417. The fourth-order valence-electron chi connectivity index (χ4n) is 4.42. The first-order valence-electron chi connectivity index (χ1n) is 12.6. The van der Waals surface area contributed by atoms with Crippen molar-refractivity contribution in [1.29, 1.82) is 0 Å². The lowest BCUT2D eigenvalue weighted by atomic mass is 9.93. The first-order chi connectivity index (χ1) is 19.3. The van der Waals surface area contributed by atoms with Gasteiger partial charge in [0, 0.05) is 38.5 Å². The van der Waals surface area contributed by atoms with Gasteiger partial charge >= 0.3 is 7.82 Å². The predicted octanol–water partition coefficient (Wildman–Crippen LogP) is 3.69. The van der Waals surface area contributed by atoms with Gasteiger partial charge in [0.2, 0.25) is 5.89 Å². The van der Waals surface area contributed by atoms with Crippen molar-refractivity contribution >= 4 is 19.4 Å². The number of phosphoric acid groups is 1. The summed E-state index contributed by atoms with van der Waals surface area (Å²) in [5.41, 5.74) is 1.96. The van der Waals surface area contributed by atoms with Gasteiger partial charge in [0.25, 0.3) is 5.91 Å². The third-order valence-corrected chi connectivity index (χ3v) is 7.31. The Labute approximate surface area is 229 Å². The summed E-state index contributed by atoms with van der Waals surface area (Å²) in [6.07, 6.45) is 14.6. The molecule has 5 rings (SSSR count). The highest BCUT2D eigenvalue weighted by Gasteiger charge is 2.26. The van der Waals surface area contributed by atoms with E-state index in [-0.39, 0.29) is 30.5 Å². The number of phosphoric ester groups is 1. The molecular weight excluding hydrogens is 543 g/mol. The second-order valence-corrected chi connectivity index (χ2v) is 10.6. The quantitative estimate of drug-likeness (QED) is 0.249. The van der Waals surface area contributed by atoms with Crippen molar-refractivity contribution in [2.45, 2.75) is 51.5 Å². The molecule has 4 aromatic rings. The van der Waals surface area contributed by atoms with Crippen LogP contribution < -0.4 is 5.32 Å². The van der Waals surface area contributed by atoms with Crippen LogP contribution in [0.4, 0.5) is 5.69 Å². The van der Waals surface area contributed by atoms with E-state index in [4.69, 9.17) is 18.8 Å². The van der Waals surface area contributed by atoms with Crippen molar-refractivity contribution in [3.63, 3.8) is 0 Å². The van der Waals surface area contributed by atoms with Gasteiger partial charge in [-0.1, -0.05) is 0 Å². The fourth-order valence-corrected chi connectivity index (χ4v) is 4.79. The van der Waals surface area contributed by atoms with Gasteiger partial charge in [-0.05, 0) is 32.6 Å². The molecule has 1 aliphatic rings. The molecular formula is C24H29N8O7P. The number of oxazole rings is 1. The van der Waals surface area contributed by atoms with E-state index in [1.807, 2.05) is 11.6 Å². The van der Waals surface area contributed by atoms with Crippen molar-refractivity contribution in [2.75, 3.05) is 19.0 Å². The molecule has 1 unspecified atom stereocenters. The van der Waals surface area contributed by atoms with Gasteiger partial charge in [-0.3, -0.25) is 28.5 Å². The van der Waals surface area contributed by atoms with E-state index in [1.54, 1.807) is 24.8 Å². The summed E-state index contributed by atoms with van der Waals surface area (Å²) in [5.74, 6) is -0.372. The summed E-state index contributed by atoms with van der Waals surface area (Å²) in [4.78, 5) is 35.3. The van der Waals surface area contributed by atoms with E-state index in [2.05, 4.69) is 29.9 Å². The molecule has 15 nitrogen and oxygen atoms in total. The normalized spacial score (nSPS) is 18.9. The Morgan fingerprint density at radius 2 is 2.05 bits per heavy atom. The first kappa shape index (κ1) is 27.8. The first-order valence-corrected chi connectivity index (χ1v) is 14.1. The van der Waals surface area contributed by atoms with Gasteiger partial charge in [0.1, 0.15) is 17.7 Å². The average Bonchev–Trinajstić information content (AvgIpc) is 3.73. The zero-order chi connectivity index (χ0) is 28.1. The van der Waals surface area contributed by atoms with E-state index >= 15 is 0 Å². The Bertz CT molecular complexity index is 1480. The molecule has 1 aliphatic carbocycles. The van der Waals surface area contributed by atoms with Crippen LogP contribution in [-0.4, -0.2) is 65.1 Å². The molecule has 1 saturated carbocycles. The van der Waals surface area contributed by atoms with Crippen molar-refractivity contribution < 1.29 is 32.5 Å². The molecule has 0 saturated heterocycles. The topological polar surface area (TPSA) is 182 Å². The molecule has 1 atom stereocenters. The smallest absolute Gasteiger partial charge is 0.444 e. The number of hydrogen-bond donors (Lipinski definition) is 2. The van der Waals surface area contributed by atoms with Crippen LogP contribution in [0.2, 0.25) is 0 Å². The van der Waals surface area contributed by atoms with E-state index in [0.29, 0.717) is 29.2 Å². The molecule has 0 radical (unpaired) electrons. The lowest BCUT2D eigenvalue weighted by Gasteiger charge is -2.28. The van der Waals surface area contributed by atoms with Crippen LogP contribution in [-0.2, 0) is 25.1 Å². The zero-order valence-electron chi connectivity index (χ0n) is 21.9. The second kappa shape index (κ2) is 12.2. The number of ether oxygens (including phenoxy) is 1. The maximum atomic E-state index is 13.2. The highest BCUT2D eigenvalue weighted by Crippen LogP contribution is 2.42. The third-order valence-electron chi connectivity index (χ3n) is 6.41. The lowest BCUT2D eigenvalue weighted by Crippen LogP contribution is -2.24. The summed E-state index contributed by atoms with van der Waals surface area (Å²) in [6.45, 7) is 2.37. The minimum atomic E-state index is -4.16. The third kappa shape index (κ3) is 6.51. The van der Waals surface area contributed by atoms with E-state index < -0.39 is 13.7 Å². The SMILES string of the molecule is CCOC1CCC(n2cc(NC(=O)c3coc(-c4cnn(COP(=O)(O)OC)c4)n3)c(-c3cnccn3)n2)CC1. The maximum Gasteiger partial charge on any atom is 0.473 e. The maximum absolute atomic E-state index is 13.2. The van der Waals surface area contributed by atoms with Crippen LogP contribution in [0, 0.1) is 0 Å². The summed E-state index contributed by atoms with van der Waals surface area (Å²) in [7, 11) is -3.10. The van der Waals surface area contributed by atoms with Crippen LogP contribution in [0.3, 0.4) is 0 Å². The largest absolute Gasteiger partial charge is 0.473 e. The molecule has 0 aliphatic heterocycles. The highest BCUT2D eigenvalue weighted by molar-refractivity contribution is 7.47. The molecule has 4 aromatic heterocycles. The number of carbonyl (C=O) groups is 1. The van der Waals surface area contributed by atoms with Gasteiger partial charge in [-0.2, -0.15) is 10.2 Å². The Balaban J connectivity index is 1.31. The van der Waals surface area contributed by atoms with Crippen molar-refractivity contribution in [1.82, 2.24) is 34.5 Å². The Hall–Kier alpha value is -3.75. The molecule has 0 bridgehead atoms. The second-order valence-electron chi connectivity index (χ2n) is 9.02. The molecule has 212 valence electrons. The van der Waals surface area contributed by atoms with Crippen LogP contribution >= 0.6 is 7.82 Å². The molecule has 40 heavy (non-hydrogen) atoms. The molecule has 1 fully saturated rings. The van der Waals surface area contributed by atoms with E-state index in [9.17, 15) is 14.3 Å². The molecule has 4 heterocycles. The lowest BCUT2D eigenvalue weighted by molar-refractivity contribution is 0.0260. The Morgan fingerprint density at radius 3 is 2.77 bits per heavy atom. The Kier molecular flexibility index (Phi) is 8.47. The average molecular weight is 573 g/mol. The van der Waals surface area contributed by atoms with Crippen molar-refractivity contribution in [2.24, 2.45) is 0 Å². The van der Waals surface area contributed by atoms with Crippen LogP contribution in [0.15, 0.2) is 47.9 Å². The standard InChI is InChI=1S/C24H29N8O7P/c1-3-37-18-6-4-17(5-7-18)32-13-20(22(30-32)19-11-25-8-9-26-19)28-23(33)21-14-38-24(29-21)16-10-27-31(12-16)15-39-40(34,35)36-2/h8-14,17-18H,3-7,15H2,1-2H3,(H,28,33)(H,34,35). The van der Waals surface area contributed by atoms with Crippen LogP contribution in [0.1, 0.15) is 49.1 Å². The molecule has 1 amide bonds. The predicted molar refractivity (Wildman–Crippen MR) is 140 cm³/mol. The minimum absolute atomic E-state index is 0.0355. The monoisotopic (exact) mass is 572 g/mol. The number of nitrogens with one attached hydrogen (secondary N) is 1. The number of carbonyl (C=O) groups excluding carboxylic acids is 1. The molecule has 2 N–H and O–H groups in total. The van der Waals surface area contributed by atoms with Crippen molar-refractivity contribution in [3.05, 3.63) is 49.1 Å². The zero-order valence-corrected chi connectivity index (χ0v) is 22.8. The van der Waals surface area contributed by atoms with Crippen LogP contribution in [0.5, 0.6) is 0 Å². The summed E-state index contributed by atoms with van der Waals surface area (Å²) in [6, 6.07) is 0.167. The van der Waals surface area contributed by atoms with Gasteiger partial charge < -0.3 is 19.4 Å². The van der Waals surface area contributed by atoms with E-state index in [1.165, 1.54) is 23.3 Å². The van der Waals surface area contributed by atoms with Gasteiger partial charge in [-0.15, -0.1) is 0 Å². The summed E-state index contributed by atoms with van der Waals surface area (Å²) in [5, 5.41) is 11.7. The minimum Gasteiger partial charge on any atom is -0.444 e. The number of rotatable bonds is 11. The highest BCUT2D eigenvalue weighted by atomic mass is 31.2. The van der Waals surface area contributed by atoms with Gasteiger partial charge in [-0.25, -0.2) is 14.2 Å². The number of amides is 1. The number of aromatic nitrogens is 7. The number of nitrogens with zero attached hydrogens (tertiary/aromatic N) is 7. The summed E-state index contributed by atoms with van der Waals surface area (Å²) < 4.78 is 35.0. The van der Waals surface area contributed by atoms with Crippen LogP contribution in [0.25, 0.3) is 22.8 Å². The number of anilines is 1. The molecule has 0 spiro atoms. The molecule has 0 aromatic carbocycles. The number of hydrogen-bond acceptors (Lipinski definition) is 11.